The van der Waals surface area contributed by atoms with Crippen LogP contribution in [-0.2, 0) is 12.8 Å². The number of Topliss-reactive ketones (excluding diaryl/α,β-unsaturated/α-hetero) is 1. The number of benzene rings is 1. The number of fused-ring (bicyclic) bond motifs is 1. The summed E-state index contributed by atoms with van der Waals surface area (Å²) in [7, 11) is 0. The molecular formula is C17H23NO. The van der Waals surface area contributed by atoms with E-state index in [0.717, 1.165) is 24.4 Å². The van der Waals surface area contributed by atoms with Crippen LogP contribution >= 0.6 is 0 Å². The number of likely N-dealkylation sites (tertiary alicyclic amines) is 1. The van der Waals surface area contributed by atoms with Crippen molar-refractivity contribution in [3.8, 4) is 0 Å². The molecule has 0 N–H and O–H groups in total. The third-order valence-corrected chi connectivity index (χ3v) is 4.68. The summed E-state index contributed by atoms with van der Waals surface area (Å²) in [6, 6.07) is 6.87. The SMILES string of the molecule is CC1CC(C)N(CC(=O)c2ccc3c(c2)CCC3)C1. The summed E-state index contributed by atoms with van der Waals surface area (Å²) < 4.78 is 0. The van der Waals surface area contributed by atoms with Crippen molar-refractivity contribution >= 4 is 5.78 Å². The van der Waals surface area contributed by atoms with E-state index in [4.69, 9.17) is 0 Å². The number of carbonyl (C=O) groups excluding carboxylic acids is 1. The predicted molar refractivity (Wildman–Crippen MR) is 77.6 cm³/mol. The van der Waals surface area contributed by atoms with Gasteiger partial charge >= 0.3 is 0 Å². The number of hydrogen-bond acceptors (Lipinski definition) is 2. The molecule has 102 valence electrons. The van der Waals surface area contributed by atoms with E-state index in [1.54, 1.807) is 0 Å². The largest absolute Gasteiger partial charge is 0.293 e. The van der Waals surface area contributed by atoms with Gasteiger partial charge in [0.15, 0.2) is 5.78 Å². The van der Waals surface area contributed by atoms with Crippen molar-refractivity contribution in [1.82, 2.24) is 4.90 Å². The topological polar surface area (TPSA) is 20.3 Å². The number of carbonyl (C=O) groups is 1. The van der Waals surface area contributed by atoms with Crippen LogP contribution in [0.1, 0.15) is 48.2 Å². The minimum absolute atomic E-state index is 0.288. The zero-order chi connectivity index (χ0) is 13.4. The van der Waals surface area contributed by atoms with Gasteiger partial charge in [-0.2, -0.15) is 0 Å². The van der Waals surface area contributed by atoms with E-state index >= 15 is 0 Å². The molecule has 1 heterocycles. The minimum atomic E-state index is 0.288. The van der Waals surface area contributed by atoms with Crippen molar-refractivity contribution < 1.29 is 4.79 Å². The second kappa shape index (κ2) is 5.09. The van der Waals surface area contributed by atoms with E-state index in [1.807, 2.05) is 6.07 Å². The standard InChI is InChI=1S/C17H23NO/c1-12-8-13(2)18(10-12)11-17(19)16-7-6-14-4-3-5-15(14)9-16/h6-7,9,12-13H,3-5,8,10-11H2,1-2H3. The second-order valence-electron chi connectivity index (χ2n) is 6.38. The van der Waals surface area contributed by atoms with E-state index in [9.17, 15) is 4.79 Å². The highest BCUT2D eigenvalue weighted by Gasteiger charge is 2.27. The Balaban J connectivity index is 1.70. The fraction of sp³-hybridized carbons (Fsp3) is 0.588. The summed E-state index contributed by atoms with van der Waals surface area (Å²) in [4.78, 5) is 14.7. The van der Waals surface area contributed by atoms with Crippen molar-refractivity contribution in [3.05, 3.63) is 34.9 Å². The highest BCUT2D eigenvalue weighted by Crippen LogP contribution is 2.25. The van der Waals surface area contributed by atoms with Crippen LogP contribution < -0.4 is 0 Å². The van der Waals surface area contributed by atoms with Crippen LogP contribution in [0.15, 0.2) is 18.2 Å². The van der Waals surface area contributed by atoms with Crippen molar-refractivity contribution in [2.45, 2.75) is 45.6 Å². The number of aryl methyl sites for hydroxylation is 2. The molecule has 1 saturated heterocycles. The van der Waals surface area contributed by atoms with Crippen molar-refractivity contribution in [2.75, 3.05) is 13.1 Å². The van der Waals surface area contributed by atoms with Crippen LogP contribution in [0.2, 0.25) is 0 Å². The van der Waals surface area contributed by atoms with Gasteiger partial charge in [0.05, 0.1) is 6.54 Å². The van der Waals surface area contributed by atoms with Crippen molar-refractivity contribution in [3.63, 3.8) is 0 Å². The molecule has 1 aromatic rings. The fourth-order valence-electron chi connectivity index (χ4n) is 3.63. The molecule has 0 saturated carbocycles. The summed E-state index contributed by atoms with van der Waals surface area (Å²) in [5, 5.41) is 0. The lowest BCUT2D eigenvalue weighted by Crippen LogP contribution is -2.32. The van der Waals surface area contributed by atoms with Gasteiger partial charge in [-0.15, -0.1) is 0 Å². The molecule has 0 radical (unpaired) electrons. The smallest absolute Gasteiger partial charge is 0.176 e. The van der Waals surface area contributed by atoms with Crippen molar-refractivity contribution in [2.24, 2.45) is 5.92 Å². The maximum atomic E-state index is 12.4. The van der Waals surface area contributed by atoms with E-state index < -0.39 is 0 Å². The van der Waals surface area contributed by atoms with Gasteiger partial charge < -0.3 is 0 Å². The van der Waals surface area contributed by atoms with Gasteiger partial charge in [0.1, 0.15) is 0 Å². The molecule has 19 heavy (non-hydrogen) atoms. The molecule has 0 amide bonds. The number of nitrogens with zero attached hydrogens (tertiary/aromatic N) is 1. The van der Waals surface area contributed by atoms with Crippen LogP contribution in [0, 0.1) is 5.92 Å². The van der Waals surface area contributed by atoms with Crippen LogP contribution in [0.25, 0.3) is 0 Å². The zero-order valence-electron chi connectivity index (χ0n) is 12.0. The van der Waals surface area contributed by atoms with E-state index in [-0.39, 0.29) is 5.78 Å². The predicted octanol–water partition coefficient (Wildman–Crippen LogP) is 3.09. The Kier molecular flexibility index (Phi) is 3.44. The molecule has 1 aliphatic heterocycles. The Morgan fingerprint density at radius 1 is 1.26 bits per heavy atom. The summed E-state index contributed by atoms with van der Waals surface area (Å²) in [6.45, 7) is 6.16. The Bertz CT molecular complexity index is 494. The first-order valence-corrected chi connectivity index (χ1v) is 7.52. The molecule has 0 spiro atoms. The summed E-state index contributed by atoms with van der Waals surface area (Å²) in [6.07, 6.45) is 4.79. The summed E-state index contributed by atoms with van der Waals surface area (Å²) in [5.74, 6) is 1.01. The van der Waals surface area contributed by atoms with E-state index in [0.29, 0.717) is 12.6 Å². The van der Waals surface area contributed by atoms with Gasteiger partial charge in [0.2, 0.25) is 0 Å². The number of ketones is 1. The lowest BCUT2D eigenvalue weighted by molar-refractivity contribution is 0.0925. The van der Waals surface area contributed by atoms with Gasteiger partial charge in [-0.3, -0.25) is 9.69 Å². The Morgan fingerprint density at radius 3 is 2.79 bits per heavy atom. The highest BCUT2D eigenvalue weighted by molar-refractivity contribution is 5.98. The lowest BCUT2D eigenvalue weighted by atomic mass is 10.0. The second-order valence-corrected chi connectivity index (χ2v) is 6.38. The van der Waals surface area contributed by atoms with Gasteiger partial charge in [-0.25, -0.2) is 0 Å². The molecular weight excluding hydrogens is 234 g/mol. The molecule has 2 atom stereocenters. The highest BCUT2D eigenvalue weighted by atomic mass is 16.1. The van der Waals surface area contributed by atoms with Gasteiger partial charge in [-0.1, -0.05) is 19.1 Å². The molecule has 2 unspecified atom stereocenters. The third-order valence-electron chi connectivity index (χ3n) is 4.68. The van der Waals surface area contributed by atoms with Gasteiger partial charge in [-0.05, 0) is 55.7 Å². The average molecular weight is 257 g/mol. The molecule has 0 bridgehead atoms. The van der Waals surface area contributed by atoms with Crippen LogP contribution in [0.4, 0.5) is 0 Å². The van der Waals surface area contributed by atoms with E-state index in [2.05, 4.69) is 30.9 Å². The van der Waals surface area contributed by atoms with Crippen LogP contribution in [0.5, 0.6) is 0 Å². The molecule has 1 aliphatic carbocycles. The summed E-state index contributed by atoms with van der Waals surface area (Å²) >= 11 is 0. The molecule has 2 aliphatic rings. The lowest BCUT2D eigenvalue weighted by Gasteiger charge is -2.20. The Morgan fingerprint density at radius 2 is 2.05 bits per heavy atom. The number of rotatable bonds is 3. The molecule has 1 aromatic carbocycles. The first kappa shape index (κ1) is 12.9. The Hall–Kier alpha value is -1.15. The number of hydrogen-bond donors (Lipinski definition) is 0. The van der Waals surface area contributed by atoms with Crippen LogP contribution in [-0.4, -0.2) is 29.8 Å². The third kappa shape index (κ3) is 2.59. The van der Waals surface area contributed by atoms with Gasteiger partial charge in [0, 0.05) is 18.2 Å². The molecule has 2 heteroatoms. The molecule has 2 nitrogen and oxygen atoms in total. The zero-order valence-corrected chi connectivity index (χ0v) is 12.0. The first-order chi connectivity index (χ1) is 9.13. The monoisotopic (exact) mass is 257 g/mol. The molecule has 1 fully saturated rings. The maximum absolute atomic E-state index is 12.4. The molecule has 0 aromatic heterocycles. The van der Waals surface area contributed by atoms with Crippen LogP contribution in [0.3, 0.4) is 0 Å². The average Bonchev–Trinajstić information content (AvgIpc) is 2.95. The maximum Gasteiger partial charge on any atom is 0.176 e. The Labute approximate surface area is 115 Å². The quantitative estimate of drug-likeness (QED) is 0.776. The van der Waals surface area contributed by atoms with Crippen molar-refractivity contribution in [1.29, 1.82) is 0 Å². The summed E-state index contributed by atoms with van der Waals surface area (Å²) in [5.41, 5.74) is 3.75. The first-order valence-electron chi connectivity index (χ1n) is 7.52. The van der Waals surface area contributed by atoms with Gasteiger partial charge in [0.25, 0.3) is 0 Å². The fourth-order valence-corrected chi connectivity index (χ4v) is 3.63. The minimum Gasteiger partial charge on any atom is -0.293 e. The normalized spacial score (nSPS) is 26.6. The molecule has 3 rings (SSSR count). The van der Waals surface area contributed by atoms with E-state index in [1.165, 1.54) is 30.4 Å².